The van der Waals surface area contributed by atoms with E-state index in [4.69, 9.17) is 18.2 Å². The summed E-state index contributed by atoms with van der Waals surface area (Å²) in [5.74, 6) is 0.579. The van der Waals surface area contributed by atoms with Gasteiger partial charge in [0.25, 0.3) is 0 Å². The van der Waals surface area contributed by atoms with Gasteiger partial charge in [-0.1, -0.05) is 84.9 Å². The highest BCUT2D eigenvalue weighted by molar-refractivity contribution is 6.18. The number of oxazole rings is 1. The van der Waals surface area contributed by atoms with Crippen LogP contribution in [0, 0.1) is 0 Å². The van der Waals surface area contributed by atoms with Crippen molar-refractivity contribution in [1.82, 2.24) is 9.55 Å². The molecule has 0 N–H and O–H groups in total. The number of fused-ring (bicyclic) bond motifs is 11. The number of rotatable bonds is 5. The summed E-state index contributed by atoms with van der Waals surface area (Å²) in [6, 6.07) is 60.9. The van der Waals surface area contributed by atoms with Gasteiger partial charge in [0, 0.05) is 44.2 Å². The molecule has 0 atom stereocenters. The van der Waals surface area contributed by atoms with Crippen LogP contribution >= 0.6 is 0 Å². The van der Waals surface area contributed by atoms with E-state index >= 15 is 0 Å². The largest absolute Gasteiger partial charge is 0.456 e. The van der Waals surface area contributed by atoms with Gasteiger partial charge in [0.1, 0.15) is 27.8 Å². The van der Waals surface area contributed by atoms with Gasteiger partial charge in [0.15, 0.2) is 5.58 Å². The average Bonchev–Trinajstić information content (AvgIpc) is 4.02. The van der Waals surface area contributed by atoms with E-state index < -0.39 is 0 Å². The van der Waals surface area contributed by atoms with Crippen molar-refractivity contribution in [3.05, 3.63) is 176 Å². The number of hydrogen-bond acceptors (Lipinski definition) is 5. The van der Waals surface area contributed by atoms with Crippen molar-refractivity contribution in [2.24, 2.45) is 0 Å². The highest BCUT2D eigenvalue weighted by Crippen LogP contribution is 2.46. The van der Waals surface area contributed by atoms with Crippen molar-refractivity contribution < 1.29 is 13.3 Å². The molecule has 55 heavy (non-hydrogen) atoms. The molecule has 0 aliphatic rings. The summed E-state index contributed by atoms with van der Waals surface area (Å²) >= 11 is 0. The first-order valence-corrected chi connectivity index (χ1v) is 18.4. The van der Waals surface area contributed by atoms with Crippen LogP contribution in [0.5, 0.6) is 0 Å². The third kappa shape index (κ3) is 4.46. The predicted molar refractivity (Wildman–Crippen MR) is 223 cm³/mol. The number of furan rings is 2. The van der Waals surface area contributed by atoms with Crippen LogP contribution in [0.2, 0.25) is 0 Å². The van der Waals surface area contributed by atoms with Crippen LogP contribution in [0.3, 0.4) is 0 Å². The number of benzene rings is 8. The van der Waals surface area contributed by atoms with Crippen LogP contribution < -0.4 is 4.90 Å². The van der Waals surface area contributed by atoms with Crippen LogP contribution in [0.1, 0.15) is 0 Å². The zero-order valence-electron chi connectivity index (χ0n) is 29.3. The average molecular weight is 708 g/mol. The lowest BCUT2D eigenvalue weighted by Gasteiger charge is -2.26. The maximum absolute atomic E-state index is 6.53. The van der Waals surface area contributed by atoms with Crippen molar-refractivity contribution in [3.8, 4) is 17.1 Å². The molecule has 0 bridgehead atoms. The lowest BCUT2D eigenvalue weighted by atomic mass is 10.1. The van der Waals surface area contributed by atoms with Crippen molar-refractivity contribution in [3.63, 3.8) is 0 Å². The number of nitrogens with zero attached hydrogens (tertiary/aromatic N) is 3. The zero-order chi connectivity index (χ0) is 36.0. The van der Waals surface area contributed by atoms with Gasteiger partial charge in [-0.05, 0) is 91.0 Å². The van der Waals surface area contributed by atoms with E-state index in [2.05, 4.69) is 125 Å². The Labute approximate surface area is 313 Å². The molecule has 12 aromatic rings. The molecule has 6 nitrogen and oxygen atoms in total. The molecule has 0 unspecified atom stereocenters. The van der Waals surface area contributed by atoms with Gasteiger partial charge in [-0.2, -0.15) is 0 Å². The minimum absolute atomic E-state index is 0.579. The summed E-state index contributed by atoms with van der Waals surface area (Å²) in [5.41, 5.74) is 12.0. The molecule has 0 saturated carbocycles. The first-order valence-electron chi connectivity index (χ1n) is 18.4. The highest BCUT2D eigenvalue weighted by atomic mass is 16.4. The van der Waals surface area contributed by atoms with Crippen LogP contribution in [0.15, 0.2) is 189 Å². The van der Waals surface area contributed by atoms with Crippen LogP contribution in [0.4, 0.5) is 17.1 Å². The summed E-state index contributed by atoms with van der Waals surface area (Å²) in [7, 11) is 0. The first-order chi connectivity index (χ1) is 27.3. The molecule has 4 aromatic heterocycles. The quantitative estimate of drug-likeness (QED) is 0.178. The predicted octanol–water partition coefficient (Wildman–Crippen LogP) is 13.9. The van der Waals surface area contributed by atoms with Crippen LogP contribution in [-0.4, -0.2) is 9.55 Å². The number of aromatic nitrogens is 2. The summed E-state index contributed by atoms with van der Waals surface area (Å²) < 4.78 is 21.8. The summed E-state index contributed by atoms with van der Waals surface area (Å²) in [5, 5.41) is 6.35. The van der Waals surface area contributed by atoms with E-state index in [0.29, 0.717) is 11.5 Å². The van der Waals surface area contributed by atoms with Gasteiger partial charge in [0.05, 0.1) is 27.5 Å². The lowest BCUT2D eigenvalue weighted by Crippen LogP contribution is -2.10. The van der Waals surface area contributed by atoms with Crippen molar-refractivity contribution >= 4 is 93.8 Å². The van der Waals surface area contributed by atoms with Gasteiger partial charge in [-0.3, -0.25) is 0 Å². The normalized spacial score (nSPS) is 12.0. The van der Waals surface area contributed by atoms with Crippen molar-refractivity contribution in [2.75, 3.05) is 4.90 Å². The van der Waals surface area contributed by atoms with Crippen molar-refractivity contribution in [1.29, 1.82) is 0 Å². The fourth-order valence-electron chi connectivity index (χ4n) is 8.40. The summed E-state index contributed by atoms with van der Waals surface area (Å²) in [4.78, 5) is 7.22. The molecule has 8 aromatic carbocycles. The molecule has 0 spiro atoms. The van der Waals surface area contributed by atoms with E-state index in [-0.39, 0.29) is 0 Å². The van der Waals surface area contributed by atoms with Gasteiger partial charge in [-0.25, -0.2) is 4.98 Å². The third-order valence-corrected chi connectivity index (χ3v) is 10.8. The van der Waals surface area contributed by atoms with Crippen LogP contribution in [-0.2, 0) is 0 Å². The monoisotopic (exact) mass is 707 g/mol. The number of hydrogen-bond donors (Lipinski definition) is 0. The van der Waals surface area contributed by atoms with E-state index in [1.165, 1.54) is 10.8 Å². The molecule has 0 fully saturated rings. The number of anilines is 3. The fraction of sp³-hybridized carbons (Fsp3) is 0. The van der Waals surface area contributed by atoms with Gasteiger partial charge < -0.3 is 22.7 Å². The summed E-state index contributed by atoms with van der Waals surface area (Å²) in [6.45, 7) is 0. The fourth-order valence-corrected chi connectivity index (χ4v) is 8.40. The lowest BCUT2D eigenvalue weighted by molar-refractivity contribution is 0.622. The standard InChI is InChI=1S/C49H29N3O3/c1-3-12-30(13-4-1)49-50-38-25-27-45-47(48(38)55-49)37-28-32(23-26-43(37)54-45)51(40-19-11-21-44-46(40)36-17-8-10-20-42(36)53-44)33-22-24-35-34-16-7-9-18-39(34)52(41(35)29-33)31-14-5-2-6-15-31/h1-29H. The maximum atomic E-state index is 6.53. The maximum Gasteiger partial charge on any atom is 0.227 e. The SMILES string of the molecule is c1ccc(-c2nc3ccc4oc5ccc(N(c6ccc7c8ccccc8n(-c8ccccc8)c7c6)c6cccc7oc8ccccc8c67)cc5c4c3o2)cc1. The molecule has 0 amide bonds. The second-order valence-corrected chi connectivity index (χ2v) is 13.9. The molecular weight excluding hydrogens is 679 g/mol. The van der Waals surface area contributed by atoms with E-state index in [1.807, 2.05) is 60.7 Å². The van der Waals surface area contributed by atoms with Gasteiger partial charge in [-0.15, -0.1) is 0 Å². The Morgan fingerprint density at radius 2 is 1.09 bits per heavy atom. The van der Waals surface area contributed by atoms with Crippen molar-refractivity contribution in [2.45, 2.75) is 0 Å². The molecule has 0 aliphatic carbocycles. The molecule has 4 heterocycles. The van der Waals surface area contributed by atoms with Gasteiger partial charge in [0.2, 0.25) is 5.89 Å². The number of para-hydroxylation sites is 3. The minimum Gasteiger partial charge on any atom is -0.456 e. The molecule has 0 radical (unpaired) electrons. The molecule has 0 saturated heterocycles. The minimum atomic E-state index is 0.579. The van der Waals surface area contributed by atoms with E-state index in [1.54, 1.807) is 0 Å². The Morgan fingerprint density at radius 3 is 1.96 bits per heavy atom. The third-order valence-electron chi connectivity index (χ3n) is 10.8. The van der Waals surface area contributed by atoms with Crippen LogP contribution in [0.25, 0.3) is 93.9 Å². The van der Waals surface area contributed by atoms with E-state index in [0.717, 1.165) is 88.7 Å². The van der Waals surface area contributed by atoms with E-state index in [9.17, 15) is 0 Å². The Balaban J connectivity index is 1.15. The zero-order valence-corrected chi connectivity index (χ0v) is 29.3. The Morgan fingerprint density at radius 1 is 0.436 bits per heavy atom. The highest BCUT2D eigenvalue weighted by Gasteiger charge is 2.23. The Hall–Kier alpha value is -7.57. The topological polar surface area (TPSA) is 60.5 Å². The molecule has 258 valence electrons. The summed E-state index contributed by atoms with van der Waals surface area (Å²) in [6.07, 6.45) is 0. The van der Waals surface area contributed by atoms with Gasteiger partial charge >= 0.3 is 0 Å². The Kier molecular flexibility index (Phi) is 6.24. The Bertz CT molecular complexity index is 3440. The molecule has 6 heteroatoms. The second kappa shape index (κ2) is 11.5. The first kappa shape index (κ1) is 29.9. The second-order valence-electron chi connectivity index (χ2n) is 13.9. The smallest absolute Gasteiger partial charge is 0.227 e. The molecule has 12 rings (SSSR count). The molecule has 0 aliphatic heterocycles. The molecular formula is C49H29N3O3.